The zero-order valence-electron chi connectivity index (χ0n) is 52.4. The lowest BCUT2D eigenvalue weighted by atomic mass is 10.0. The summed E-state index contributed by atoms with van der Waals surface area (Å²) >= 11 is 3.73. The molecular weight excluding hydrogens is 1200 g/mol. The molecule has 2 heterocycles. The lowest BCUT2D eigenvalue weighted by Crippen LogP contribution is -2.10. The second kappa shape index (κ2) is 25.4. The summed E-state index contributed by atoms with van der Waals surface area (Å²) < 4.78 is 5.22. The molecule has 0 aliphatic rings. The van der Waals surface area contributed by atoms with Gasteiger partial charge in [-0.05, 0) is 196 Å². The van der Waals surface area contributed by atoms with E-state index < -0.39 is 0 Å². The van der Waals surface area contributed by atoms with E-state index in [-0.39, 0.29) is 0 Å². The molecule has 17 aromatic rings. The predicted octanol–water partition coefficient (Wildman–Crippen LogP) is 27.0. The van der Waals surface area contributed by atoms with Crippen LogP contribution in [0.25, 0.3) is 84.9 Å². The maximum atomic E-state index is 2.39. The van der Waals surface area contributed by atoms with Crippen molar-refractivity contribution in [2.24, 2.45) is 0 Å². The zero-order valence-corrected chi connectivity index (χ0v) is 54.0. The number of thiophene rings is 2. The molecule has 0 fully saturated rings. The molecule has 96 heavy (non-hydrogen) atoms. The summed E-state index contributed by atoms with van der Waals surface area (Å²) in [4.78, 5) is 9.39. The van der Waals surface area contributed by atoms with E-state index in [2.05, 4.69) is 396 Å². The highest BCUT2D eigenvalue weighted by atomic mass is 32.1. The number of para-hydroxylation sites is 4. The normalized spacial score (nSPS) is 11.3. The van der Waals surface area contributed by atoms with Crippen LogP contribution in [0.15, 0.2) is 376 Å². The van der Waals surface area contributed by atoms with Gasteiger partial charge in [-0.3, -0.25) is 0 Å². The summed E-state index contributed by atoms with van der Waals surface area (Å²) in [5.74, 6) is 0. The molecule has 6 heteroatoms. The standard InChI is InChI=1S/C90H62N4S2/c1-5-19-70(20-6-1)91(75-53-39-65(40-54-75)66-41-57-78(58-42-66)93(72-23-9-3-10-24-72)79-61-47-69(48-62-79)81-29-17-30-84-82-27-13-15-33-87(82)95-89(81)84)74-49-35-63(36-50-74)64-37-51-76(52-38-64)92(71-21-7-2-8-22-71)77-55-43-67(44-56-77)68-45-59-80(60-46-68)94(73-25-11-4-12-26-73)86-32-18-31-85-83-28-14-16-34-88(83)96-90(85)86/h1-62H. The van der Waals surface area contributed by atoms with Crippen molar-refractivity contribution in [3.8, 4) is 44.5 Å². The van der Waals surface area contributed by atoms with Crippen LogP contribution in [0.2, 0.25) is 0 Å². The number of rotatable bonds is 16. The topological polar surface area (TPSA) is 13.0 Å². The predicted molar refractivity (Wildman–Crippen MR) is 413 cm³/mol. The molecular formula is C90H62N4S2. The number of fused-ring (bicyclic) bond motifs is 6. The highest BCUT2D eigenvalue weighted by Gasteiger charge is 2.21. The second-order valence-electron chi connectivity index (χ2n) is 24.0. The zero-order chi connectivity index (χ0) is 63.7. The molecule has 0 aliphatic heterocycles. The molecule has 454 valence electrons. The van der Waals surface area contributed by atoms with Gasteiger partial charge in [-0.25, -0.2) is 0 Å². The van der Waals surface area contributed by atoms with E-state index in [1.54, 1.807) is 0 Å². The molecule has 15 aromatic carbocycles. The first-order valence-corrected chi connectivity index (χ1v) is 34.2. The van der Waals surface area contributed by atoms with Gasteiger partial charge >= 0.3 is 0 Å². The summed E-state index contributed by atoms with van der Waals surface area (Å²) in [6, 6.07) is 136. The summed E-state index contributed by atoms with van der Waals surface area (Å²) in [7, 11) is 0. The van der Waals surface area contributed by atoms with Crippen molar-refractivity contribution >= 4 is 131 Å². The molecule has 0 saturated heterocycles. The highest BCUT2D eigenvalue weighted by molar-refractivity contribution is 7.26. The molecule has 0 bridgehead atoms. The number of anilines is 12. The summed E-state index contributed by atoms with van der Waals surface area (Å²) in [5, 5.41) is 5.21. The fourth-order valence-electron chi connectivity index (χ4n) is 13.6. The average Bonchev–Trinajstić information content (AvgIpc) is 1.57. The third-order valence-corrected chi connectivity index (χ3v) is 20.7. The monoisotopic (exact) mass is 1260 g/mol. The third kappa shape index (κ3) is 11.1. The highest BCUT2D eigenvalue weighted by Crippen LogP contribution is 2.47. The largest absolute Gasteiger partial charge is 0.311 e. The Morgan fingerprint density at radius 1 is 0.156 bits per heavy atom. The second-order valence-corrected chi connectivity index (χ2v) is 26.1. The van der Waals surface area contributed by atoms with Gasteiger partial charge in [-0.2, -0.15) is 0 Å². The number of hydrogen-bond acceptors (Lipinski definition) is 6. The van der Waals surface area contributed by atoms with Crippen molar-refractivity contribution < 1.29 is 0 Å². The van der Waals surface area contributed by atoms with E-state index in [1.807, 2.05) is 22.7 Å². The number of nitrogens with zero attached hydrogens (tertiary/aromatic N) is 4. The van der Waals surface area contributed by atoms with Gasteiger partial charge in [-0.1, -0.05) is 224 Å². The Labute approximate surface area is 567 Å². The van der Waals surface area contributed by atoms with E-state index in [9.17, 15) is 0 Å². The van der Waals surface area contributed by atoms with Gasteiger partial charge in [0.1, 0.15) is 0 Å². The van der Waals surface area contributed by atoms with E-state index in [0.717, 1.165) is 95.9 Å². The van der Waals surface area contributed by atoms with Crippen LogP contribution in [-0.4, -0.2) is 0 Å². The van der Waals surface area contributed by atoms with E-state index in [1.165, 1.54) is 57.2 Å². The first kappa shape index (κ1) is 57.8. The van der Waals surface area contributed by atoms with Crippen LogP contribution in [0.1, 0.15) is 0 Å². The van der Waals surface area contributed by atoms with Crippen LogP contribution >= 0.6 is 22.7 Å². The van der Waals surface area contributed by atoms with E-state index in [4.69, 9.17) is 0 Å². The van der Waals surface area contributed by atoms with Crippen LogP contribution in [0, 0.1) is 0 Å². The smallest absolute Gasteiger partial charge is 0.0640 e. The van der Waals surface area contributed by atoms with Gasteiger partial charge in [0.05, 0.1) is 10.4 Å². The Balaban J connectivity index is 0.605. The van der Waals surface area contributed by atoms with Crippen molar-refractivity contribution in [2.45, 2.75) is 0 Å². The van der Waals surface area contributed by atoms with Crippen LogP contribution < -0.4 is 19.6 Å². The Morgan fingerprint density at radius 3 is 0.740 bits per heavy atom. The Bertz CT molecular complexity index is 5530. The lowest BCUT2D eigenvalue weighted by molar-refractivity contribution is 1.28. The molecule has 2 aromatic heterocycles. The summed E-state index contributed by atoms with van der Waals surface area (Å²) in [5.41, 5.74) is 22.6. The minimum Gasteiger partial charge on any atom is -0.311 e. The van der Waals surface area contributed by atoms with Crippen LogP contribution in [0.4, 0.5) is 68.2 Å². The van der Waals surface area contributed by atoms with Gasteiger partial charge in [0.2, 0.25) is 0 Å². The van der Waals surface area contributed by atoms with E-state index >= 15 is 0 Å². The lowest BCUT2D eigenvalue weighted by Gasteiger charge is -2.27. The van der Waals surface area contributed by atoms with Gasteiger partial charge in [0, 0.05) is 98.2 Å². The maximum Gasteiger partial charge on any atom is 0.0640 e. The average molecular weight is 1260 g/mol. The molecule has 17 rings (SSSR count). The Hall–Kier alpha value is -12.1. The van der Waals surface area contributed by atoms with Crippen molar-refractivity contribution in [2.75, 3.05) is 19.6 Å². The molecule has 0 aliphatic carbocycles. The molecule has 0 atom stereocenters. The maximum absolute atomic E-state index is 2.39. The summed E-state index contributed by atoms with van der Waals surface area (Å²) in [6.07, 6.45) is 0. The van der Waals surface area contributed by atoms with Gasteiger partial charge in [0.25, 0.3) is 0 Å². The van der Waals surface area contributed by atoms with Crippen LogP contribution in [0.3, 0.4) is 0 Å². The third-order valence-electron chi connectivity index (χ3n) is 18.3. The van der Waals surface area contributed by atoms with Crippen molar-refractivity contribution in [1.29, 1.82) is 0 Å². The number of benzene rings is 15. The van der Waals surface area contributed by atoms with Crippen molar-refractivity contribution in [3.63, 3.8) is 0 Å². The van der Waals surface area contributed by atoms with Gasteiger partial charge < -0.3 is 19.6 Å². The van der Waals surface area contributed by atoms with E-state index in [0.29, 0.717) is 0 Å². The quantitative estimate of drug-likeness (QED) is 0.0956. The Morgan fingerprint density at radius 2 is 0.396 bits per heavy atom. The number of hydrogen-bond donors (Lipinski definition) is 0. The molecule has 0 unspecified atom stereocenters. The minimum atomic E-state index is 1.08. The van der Waals surface area contributed by atoms with Crippen molar-refractivity contribution in [1.82, 2.24) is 0 Å². The molecule has 0 saturated carbocycles. The fourth-order valence-corrected chi connectivity index (χ4v) is 16.0. The molecule has 0 amide bonds. The van der Waals surface area contributed by atoms with Crippen LogP contribution in [-0.2, 0) is 0 Å². The molecule has 0 N–H and O–H groups in total. The fraction of sp³-hybridized carbons (Fsp3) is 0. The molecule has 0 spiro atoms. The van der Waals surface area contributed by atoms with Gasteiger partial charge in [-0.15, -0.1) is 22.7 Å². The van der Waals surface area contributed by atoms with Crippen molar-refractivity contribution in [3.05, 3.63) is 376 Å². The summed E-state index contributed by atoms with van der Waals surface area (Å²) in [6.45, 7) is 0. The Kier molecular flexibility index (Phi) is 15.3. The molecule has 0 radical (unpaired) electrons. The minimum absolute atomic E-state index is 1.08. The first-order chi connectivity index (χ1) is 47.6. The molecule has 4 nitrogen and oxygen atoms in total. The van der Waals surface area contributed by atoms with Crippen LogP contribution in [0.5, 0.6) is 0 Å². The SMILES string of the molecule is c1ccc(N(c2ccc(-c3ccc(N(c4ccccc4)c4ccc(-c5ccc(N(c6ccccc6)c6cccc7c6sc6ccccc67)cc5)cc4)cc3)cc2)c2ccc(-c3ccc(N(c4ccccc4)c4ccc(-c5cccc6c5sc5ccccc56)cc4)cc3)cc2)cc1. The van der Waals surface area contributed by atoms with Gasteiger partial charge in [0.15, 0.2) is 0 Å². The first-order valence-electron chi connectivity index (χ1n) is 32.5.